The Morgan fingerprint density at radius 3 is 1.93 bits per heavy atom. The molecule has 14 heavy (non-hydrogen) atoms. The summed E-state index contributed by atoms with van der Waals surface area (Å²) < 4.78 is 0. The second-order valence-electron chi connectivity index (χ2n) is 5.82. The Morgan fingerprint density at radius 1 is 0.929 bits per heavy atom. The summed E-state index contributed by atoms with van der Waals surface area (Å²) in [5.74, 6) is 2.29. The van der Waals surface area contributed by atoms with Crippen LogP contribution in [0.15, 0.2) is 0 Å². The van der Waals surface area contributed by atoms with Crippen LogP contribution in [0, 0.1) is 5.41 Å². The van der Waals surface area contributed by atoms with Crippen molar-refractivity contribution in [3.63, 3.8) is 0 Å². The molecule has 1 nitrogen and oxygen atoms in total. The van der Waals surface area contributed by atoms with E-state index in [1.807, 2.05) is 21.6 Å². The van der Waals surface area contributed by atoms with Gasteiger partial charge in [-0.3, -0.25) is 0 Å². The monoisotopic (exact) mass is 235 g/mol. The molecule has 0 aromatic rings. The fourth-order valence-corrected chi connectivity index (χ4v) is 3.11. The summed E-state index contributed by atoms with van der Waals surface area (Å²) in [5.41, 5.74) is 0.725. The van der Waals surface area contributed by atoms with E-state index in [2.05, 4.69) is 46.9 Å². The zero-order valence-corrected chi connectivity index (χ0v) is 12.1. The minimum atomic E-state index is 0.248. The predicted molar refractivity (Wildman–Crippen MR) is 71.9 cm³/mol. The smallest absolute Gasteiger partial charge is 0.0527 e. The summed E-state index contributed by atoms with van der Waals surface area (Å²) in [6.45, 7) is 13.5. The topological polar surface area (TPSA) is 12.0 Å². The van der Waals surface area contributed by atoms with Gasteiger partial charge in [0.25, 0.3) is 0 Å². The van der Waals surface area contributed by atoms with Crippen molar-refractivity contribution in [1.29, 1.82) is 0 Å². The van der Waals surface area contributed by atoms with Crippen molar-refractivity contribution >= 4 is 21.6 Å². The standard InChI is InChI=1S/C11H25NS2/c1-10(2,3)7-8-13-14-9-12-11(4,5)6/h12H,7-9H2,1-6H3. The molecule has 0 aliphatic heterocycles. The molecule has 0 atom stereocenters. The molecule has 0 amide bonds. The molecular formula is C11H25NS2. The minimum absolute atomic E-state index is 0.248. The van der Waals surface area contributed by atoms with Gasteiger partial charge in [-0.05, 0) is 32.6 Å². The maximum Gasteiger partial charge on any atom is 0.0527 e. The van der Waals surface area contributed by atoms with E-state index in [9.17, 15) is 0 Å². The average molecular weight is 235 g/mol. The molecule has 86 valence electrons. The average Bonchev–Trinajstić information content (AvgIpc) is 1.92. The van der Waals surface area contributed by atoms with E-state index >= 15 is 0 Å². The summed E-state index contributed by atoms with van der Waals surface area (Å²) in [7, 11) is 3.90. The van der Waals surface area contributed by atoms with E-state index in [1.165, 1.54) is 12.2 Å². The van der Waals surface area contributed by atoms with Gasteiger partial charge in [-0.25, -0.2) is 0 Å². The first-order chi connectivity index (χ1) is 6.21. The third-order valence-corrected chi connectivity index (χ3v) is 3.83. The van der Waals surface area contributed by atoms with E-state index in [0.29, 0.717) is 5.41 Å². The second kappa shape index (κ2) is 6.29. The Labute approximate surface area is 97.6 Å². The fraction of sp³-hybridized carbons (Fsp3) is 1.00. The Bertz CT molecular complexity index is 126. The fourth-order valence-electron chi connectivity index (χ4n) is 0.694. The van der Waals surface area contributed by atoms with Crippen LogP contribution in [0.2, 0.25) is 0 Å². The molecule has 0 spiro atoms. The highest BCUT2D eigenvalue weighted by atomic mass is 33.1. The Morgan fingerprint density at radius 2 is 1.50 bits per heavy atom. The maximum absolute atomic E-state index is 3.46. The molecule has 0 saturated carbocycles. The Balaban J connectivity index is 3.23. The van der Waals surface area contributed by atoms with E-state index < -0.39 is 0 Å². The normalized spacial score (nSPS) is 13.3. The molecule has 0 radical (unpaired) electrons. The van der Waals surface area contributed by atoms with Gasteiger partial charge < -0.3 is 5.32 Å². The van der Waals surface area contributed by atoms with Gasteiger partial charge in [-0.1, -0.05) is 42.4 Å². The molecule has 0 aliphatic rings. The van der Waals surface area contributed by atoms with Crippen molar-refractivity contribution in [3.05, 3.63) is 0 Å². The highest BCUT2D eigenvalue weighted by Gasteiger charge is 2.10. The lowest BCUT2D eigenvalue weighted by molar-refractivity contribution is 0.402. The summed E-state index contributed by atoms with van der Waals surface area (Å²) in [6.07, 6.45) is 1.29. The Kier molecular flexibility index (Phi) is 6.58. The van der Waals surface area contributed by atoms with Gasteiger partial charge in [-0.15, -0.1) is 0 Å². The van der Waals surface area contributed by atoms with E-state index in [0.717, 1.165) is 5.88 Å². The third kappa shape index (κ3) is 12.7. The van der Waals surface area contributed by atoms with Crippen LogP contribution in [-0.4, -0.2) is 17.2 Å². The lowest BCUT2D eigenvalue weighted by Gasteiger charge is -2.20. The van der Waals surface area contributed by atoms with Crippen molar-refractivity contribution < 1.29 is 0 Å². The van der Waals surface area contributed by atoms with Gasteiger partial charge in [0.05, 0.1) is 5.88 Å². The predicted octanol–water partition coefficient (Wildman–Crippen LogP) is 4.15. The van der Waals surface area contributed by atoms with Crippen molar-refractivity contribution in [3.8, 4) is 0 Å². The van der Waals surface area contributed by atoms with Gasteiger partial charge >= 0.3 is 0 Å². The van der Waals surface area contributed by atoms with Crippen molar-refractivity contribution in [2.24, 2.45) is 5.41 Å². The molecule has 0 heterocycles. The summed E-state index contributed by atoms with van der Waals surface area (Å²) in [5, 5.41) is 3.46. The largest absolute Gasteiger partial charge is 0.302 e. The number of hydrogen-bond donors (Lipinski definition) is 1. The minimum Gasteiger partial charge on any atom is -0.302 e. The number of hydrogen-bond acceptors (Lipinski definition) is 3. The van der Waals surface area contributed by atoms with Crippen LogP contribution in [0.3, 0.4) is 0 Å². The Hall–Kier alpha value is 0.660. The molecule has 1 N–H and O–H groups in total. The zero-order valence-electron chi connectivity index (χ0n) is 10.4. The summed E-state index contributed by atoms with van der Waals surface area (Å²) >= 11 is 0. The van der Waals surface area contributed by atoms with E-state index in [-0.39, 0.29) is 5.54 Å². The van der Waals surface area contributed by atoms with Crippen LogP contribution in [0.4, 0.5) is 0 Å². The second-order valence-corrected chi connectivity index (χ2v) is 8.40. The van der Waals surface area contributed by atoms with Crippen LogP contribution in [0.1, 0.15) is 48.0 Å². The first kappa shape index (κ1) is 14.7. The molecule has 0 aromatic carbocycles. The maximum atomic E-state index is 3.46. The van der Waals surface area contributed by atoms with Gasteiger partial charge in [0.15, 0.2) is 0 Å². The van der Waals surface area contributed by atoms with Gasteiger partial charge in [0, 0.05) is 11.3 Å². The molecule has 0 bridgehead atoms. The van der Waals surface area contributed by atoms with Gasteiger partial charge in [-0.2, -0.15) is 0 Å². The van der Waals surface area contributed by atoms with Crippen LogP contribution >= 0.6 is 21.6 Å². The van der Waals surface area contributed by atoms with Crippen LogP contribution in [0.25, 0.3) is 0 Å². The number of nitrogens with one attached hydrogen (secondary N) is 1. The zero-order chi connectivity index (χ0) is 11.2. The molecule has 0 rings (SSSR count). The lowest BCUT2D eigenvalue weighted by Crippen LogP contribution is -2.35. The molecule has 0 aromatic heterocycles. The quantitative estimate of drug-likeness (QED) is 0.437. The SMILES string of the molecule is CC(C)(C)CCSSCNC(C)(C)C. The molecule has 0 aliphatic carbocycles. The van der Waals surface area contributed by atoms with E-state index in [4.69, 9.17) is 0 Å². The third-order valence-electron chi connectivity index (χ3n) is 1.68. The summed E-state index contributed by atoms with van der Waals surface area (Å²) in [6, 6.07) is 0. The molecule has 0 unspecified atom stereocenters. The van der Waals surface area contributed by atoms with Crippen LogP contribution in [-0.2, 0) is 0 Å². The van der Waals surface area contributed by atoms with E-state index in [1.54, 1.807) is 0 Å². The summed E-state index contributed by atoms with van der Waals surface area (Å²) in [4.78, 5) is 0. The van der Waals surface area contributed by atoms with Crippen molar-refractivity contribution in [1.82, 2.24) is 5.32 Å². The highest BCUT2D eigenvalue weighted by molar-refractivity contribution is 8.76. The lowest BCUT2D eigenvalue weighted by atomic mass is 9.94. The molecule has 0 saturated heterocycles. The molecule has 0 fully saturated rings. The molecule has 3 heteroatoms. The first-order valence-electron chi connectivity index (χ1n) is 5.20. The van der Waals surface area contributed by atoms with Crippen molar-refractivity contribution in [2.75, 3.05) is 11.6 Å². The van der Waals surface area contributed by atoms with Crippen LogP contribution < -0.4 is 5.32 Å². The van der Waals surface area contributed by atoms with Gasteiger partial charge in [0.1, 0.15) is 0 Å². The van der Waals surface area contributed by atoms with Crippen molar-refractivity contribution in [2.45, 2.75) is 53.5 Å². The first-order valence-corrected chi connectivity index (χ1v) is 7.69. The van der Waals surface area contributed by atoms with Gasteiger partial charge in [0.2, 0.25) is 0 Å². The van der Waals surface area contributed by atoms with Crippen LogP contribution in [0.5, 0.6) is 0 Å². The highest BCUT2D eigenvalue weighted by Crippen LogP contribution is 2.27. The molecular weight excluding hydrogens is 210 g/mol. The number of rotatable bonds is 5.